The van der Waals surface area contributed by atoms with E-state index in [0.29, 0.717) is 28.3 Å². The number of hydrogen-bond donors (Lipinski definition) is 2. The van der Waals surface area contributed by atoms with Crippen molar-refractivity contribution in [2.75, 3.05) is 17.3 Å². The summed E-state index contributed by atoms with van der Waals surface area (Å²) in [5, 5.41) is 19.5. The summed E-state index contributed by atoms with van der Waals surface area (Å²) in [4.78, 5) is 12.4. The average Bonchev–Trinajstić information content (AvgIpc) is 3.34. The lowest BCUT2D eigenvalue weighted by Crippen LogP contribution is -2.46. The van der Waals surface area contributed by atoms with Crippen LogP contribution in [0.15, 0.2) is 107 Å². The lowest BCUT2D eigenvalue weighted by atomic mass is 9.93. The van der Waals surface area contributed by atoms with Crippen molar-refractivity contribution in [2.24, 2.45) is 9.98 Å². The molecular formula is C32H25ClN6O2. The van der Waals surface area contributed by atoms with Crippen LogP contribution in [-0.2, 0) is 0 Å². The molecule has 0 amide bonds. The van der Waals surface area contributed by atoms with Gasteiger partial charge in [-0.15, -0.1) is 0 Å². The van der Waals surface area contributed by atoms with Gasteiger partial charge in [0, 0.05) is 16.3 Å². The molecule has 0 saturated carbocycles. The highest BCUT2D eigenvalue weighted by Gasteiger charge is 2.41. The van der Waals surface area contributed by atoms with E-state index in [-0.39, 0.29) is 11.8 Å². The van der Waals surface area contributed by atoms with Crippen LogP contribution in [0.2, 0.25) is 5.02 Å². The smallest absolute Gasteiger partial charge is 0.179 e. The number of phenolic OH excluding ortho intramolecular Hbond substituents is 1. The molecule has 4 aromatic carbocycles. The second-order valence-corrected chi connectivity index (χ2v) is 10.2. The Morgan fingerprint density at radius 1 is 0.902 bits per heavy atom. The van der Waals surface area contributed by atoms with Gasteiger partial charge in [-0.05, 0) is 73.2 Å². The molecule has 202 valence electrons. The first-order valence-corrected chi connectivity index (χ1v) is 13.5. The SMILES string of the molecule is COc1cc([C@H]2c3c(C)nn(-c4ccccc4)c3N=C3C(Nc4ccc(Cl)cc4)=Nc4ccccc4N32)ccc1O. The maximum atomic E-state index is 10.4. The third-order valence-corrected chi connectivity index (χ3v) is 7.52. The summed E-state index contributed by atoms with van der Waals surface area (Å²) in [5.41, 5.74) is 6.14. The van der Waals surface area contributed by atoms with Gasteiger partial charge in [-0.1, -0.05) is 48.0 Å². The number of fused-ring (bicyclic) bond motifs is 4. The molecule has 9 heteroatoms. The molecule has 0 saturated heterocycles. The first-order chi connectivity index (χ1) is 20.0. The van der Waals surface area contributed by atoms with Gasteiger partial charge in [0.25, 0.3) is 0 Å². The topological polar surface area (TPSA) is 87.3 Å². The van der Waals surface area contributed by atoms with Gasteiger partial charge in [0.15, 0.2) is 29.0 Å². The zero-order valence-electron chi connectivity index (χ0n) is 22.3. The Morgan fingerprint density at radius 3 is 2.44 bits per heavy atom. The largest absolute Gasteiger partial charge is 0.504 e. The fourth-order valence-electron chi connectivity index (χ4n) is 5.40. The van der Waals surface area contributed by atoms with Crippen LogP contribution < -0.4 is 15.0 Å². The number of methoxy groups -OCH3 is 1. The number of hydrogen-bond acceptors (Lipinski definition) is 7. The fourth-order valence-corrected chi connectivity index (χ4v) is 5.52. The van der Waals surface area contributed by atoms with Crippen molar-refractivity contribution in [1.82, 2.24) is 9.78 Å². The molecule has 7 rings (SSSR count). The number of aromatic nitrogens is 2. The molecule has 0 radical (unpaired) electrons. The first kappa shape index (κ1) is 24.9. The second kappa shape index (κ2) is 9.83. The molecule has 2 N–H and O–H groups in total. The van der Waals surface area contributed by atoms with Gasteiger partial charge in [-0.2, -0.15) is 5.10 Å². The van der Waals surface area contributed by atoms with Crippen molar-refractivity contribution in [3.63, 3.8) is 0 Å². The fraction of sp³-hybridized carbons (Fsp3) is 0.0938. The molecule has 5 aromatic rings. The first-order valence-electron chi connectivity index (χ1n) is 13.1. The summed E-state index contributed by atoms with van der Waals surface area (Å²) in [6.45, 7) is 2.00. The van der Waals surface area contributed by atoms with Gasteiger partial charge >= 0.3 is 0 Å². The third kappa shape index (κ3) is 4.20. The summed E-state index contributed by atoms with van der Waals surface area (Å²) in [6, 6.07) is 30.5. The number of halogens is 1. The number of benzene rings is 4. The molecule has 3 heterocycles. The summed E-state index contributed by atoms with van der Waals surface area (Å²) in [5.74, 6) is 2.40. The quantitative estimate of drug-likeness (QED) is 0.240. The van der Waals surface area contributed by atoms with Gasteiger partial charge in [0.1, 0.15) is 0 Å². The van der Waals surface area contributed by atoms with Crippen molar-refractivity contribution in [2.45, 2.75) is 13.0 Å². The van der Waals surface area contributed by atoms with Crippen molar-refractivity contribution >= 4 is 46.2 Å². The van der Waals surface area contributed by atoms with Crippen LogP contribution in [0.1, 0.15) is 22.9 Å². The molecule has 1 aromatic heterocycles. The zero-order valence-corrected chi connectivity index (χ0v) is 23.0. The predicted molar refractivity (Wildman–Crippen MR) is 163 cm³/mol. The van der Waals surface area contributed by atoms with E-state index in [1.54, 1.807) is 13.2 Å². The monoisotopic (exact) mass is 560 g/mol. The number of aryl methyl sites for hydroxylation is 1. The van der Waals surface area contributed by atoms with Crippen LogP contribution in [0.4, 0.5) is 22.9 Å². The number of amidine groups is 2. The number of nitrogens with one attached hydrogen (secondary N) is 1. The zero-order chi connectivity index (χ0) is 28.1. The van der Waals surface area contributed by atoms with Crippen LogP contribution in [0.3, 0.4) is 0 Å². The summed E-state index contributed by atoms with van der Waals surface area (Å²) >= 11 is 6.16. The van der Waals surface area contributed by atoms with Crippen LogP contribution >= 0.6 is 11.6 Å². The lowest BCUT2D eigenvalue weighted by molar-refractivity contribution is 0.372. The number of aliphatic imine (C=N–C) groups is 2. The standard InChI is InChI=1S/C32H25ClN6O2/c1-19-28-29(20-12-17-26(40)27(18-20)41-2)38-25-11-7-6-10-24(25)35-30(34-22-15-13-21(33)14-16-22)32(38)36-31(28)39(37-19)23-8-4-3-5-9-23/h3-18,29,40H,1-2H3,(H,34,35)/t29-/m0/s1. The average molecular weight is 561 g/mol. The van der Waals surface area contributed by atoms with E-state index >= 15 is 0 Å². The van der Waals surface area contributed by atoms with Crippen molar-refractivity contribution in [3.8, 4) is 17.2 Å². The van der Waals surface area contributed by atoms with E-state index < -0.39 is 0 Å². The summed E-state index contributed by atoms with van der Waals surface area (Å²) < 4.78 is 7.39. The van der Waals surface area contributed by atoms with Crippen LogP contribution in [-0.4, -0.2) is 33.7 Å². The Labute approximate surface area is 241 Å². The molecule has 0 aliphatic carbocycles. The van der Waals surface area contributed by atoms with Gasteiger partial charge in [-0.3, -0.25) is 0 Å². The minimum absolute atomic E-state index is 0.0728. The maximum Gasteiger partial charge on any atom is 0.179 e. The van der Waals surface area contributed by atoms with Gasteiger partial charge in [0.05, 0.1) is 35.9 Å². The van der Waals surface area contributed by atoms with E-state index in [0.717, 1.165) is 39.6 Å². The molecule has 1 atom stereocenters. The van der Waals surface area contributed by atoms with E-state index in [1.807, 2.05) is 103 Å². The number of para-hydroxylation sites is 3. The maximum absolute atomic E-state index is 10.4. The highest BCUT2D eigenvalue weighted by atomic mass is 35.5. The number of ether oxygens (including phenoxy) is 1. The minimum atomic E-state index is -0.344. The molecule has 0 fully saturated rings. The van der Waals surface area contributed by atoms with Crippen molar-refractivity contribution < 1.29 is 9.84 Å². The van der Waals surface area contributed by atoms with E-state index in [9.17, 15) is 5.11 Å². The van der Waals surface area contributed by atoms with Crippen LogP contribution in [0, 0.1) is 6.92 Å². The van der Waals surface area contributed by atoms with E-state index in [2.05, 4.69) is 10.2 Å². The molecule has 41 heavy (non-hydrogen) atoms. The molecule has 2 aliphatic heterocycles. The van der Waals surface area contributed by atoms with Crippen molar-refractivity contribution in [1.29, 1.82) is 0 Å². The molecule has 0 spiro atoms. The number of anilines is 2. The number of rotatable bonds is 4. The van der Waals surface area contributed by atoms with Gasteiger partial charge in [0.2, 0.25) is 0 Å². The Balaban J connectivity index is 1.50. The normalized spacial score (nSPS) is 15.3. The Hall–Kier alpha value is -5.08. The Bertz CT molecular complexity index is 1850. The molecular weight excluding hydrogens is 536 g/mol. The number of aromatic hydroxyl groups is 1. The molecule has 0 bridgehead atoms. The highest BCUT2D eigenvalue weighted by molar-refractivity contribution is 6.51. The predicted octanol–water partition coefficient (Wildman–Crippen LogP) is 7.34. The van der Waals surface area contributed by atoms with Crippen LogP contribution in [0.5, 0.6) is 11.5 Å². The summed E-state index contributed by atoms with van der Waals surface area (Å²) in [6.07, 6.45) is 0. The van der Waals surface area contributed by atoms with Gasteiger partial charge in [-0.25, -0.2) is 14.7 Å². The number of phenols is 1. The van der Waals surface area contributed by atoms with Gasteiger partial charge < -0.3 is 20.1 Å². The van der Waals surface area contributed by atoms with E-state index in [4.69, 9.17) is 31.4 Å². The second-order valence-electron chi connectivity index (χ2n) is 9.79. The van der Waals surface area contributed by atoms with Crippen molar-refractivity contribution in [3.05, 3.63) is 119 Å². The highest BCUT2D eigenvalue weighted by Crippen LogP contribution is 2.49. The Morgan fingerprint density at radius 2 is 1.66 bits per heavy atom. The Kier molecular flexibility index (Phi) is 5.98. The molecule has 8 nitrogen and oxygen atoms in total. The third-order valence-electron chi connectivity index (χ3n) is 7.27. The lowest BCUT2D eigenvalue weighted by Gasteiger charge is -2.40. The minimum Gasteiger partial charge on any atom is -0.504 e. The summed E-state index contributed by atoms with van der Waals surface area (Å²) in [7, 11) is 1.55. The number of nitrogens with zero attached hydrogens (tertiary/aromatic N) is 5. The van der Waals surface area contributed by atoms with E-state index in [1.165, 1.54) is 0 Å². The molecule has 2 aliphatic rings. The van der Waals surface area contributed by atoms with Crippen LogP contribution in [0.25, 0.3) is 5.69 Å². The molecule has 0 unspecified atom stereocenters.